The van der Waals surface area contributed by atoms with E-state index in [-0.39, 0.29) is 11.6 Å². The minimum Gasteiger partial charge on any atom is -0.382 e. The Bertz CT molecular complexity index is 309. The van der Waals surface area contributed by atoms with E-state index in [2.05, 4.69) is 5.48 Å². The molecule has 0 fully saturated rings. The van der Waals surface area contributed by atoms with Gasteiger partial charge in [-0.25, -0.2) is 4.39 Å². The summed E-state index contributed by atoms with van der Waals surface area (Å²) in [4.78, 5) is 4.99. The lowest BCUT2D eigenvalue weighted by Gasteiger charge is -2.06. The summed E-state index contributed by atoms with van der Waals surface area (Å²) in [5, 5.41) is 0.117. The monoisotopic (exact) mass is 233 g/mol. The second kappa shape index (κ2) is 6.74. The van der Waals surface area contributed by atoms with Crippen LogP contribution >= 0.6 is 11.6 Å². The Labute approximate surface area is 93.1 Å². The molecule has 0 saturated heterocycles. The molecule has 1 rings (SSSR count). The molecule has 0 saturated carbocycles. The van der Waals surface area contributed by atoms with Crippen LogP contribution in [0.2, 0.25) is 5.02 Å². The Hall–Kier alpha value is -0.680. The standard InChI is InChI=1S/C10H13ClFNO2/c1-14-5-6-15-13-7-8-3-2-4-9(11)10(8)12/h2-4,13H,5-7H2,1H3. The Morgan fingerprint density at radius 3 is 2.93 bits per heavy atom. The quantitative estimate of drug-likeness (QED) is 0.603. The molecule has 5 heteroatoms. The number of methoxy groups -OCH3 is 1. The third-order valence-corrected chi connectivity index (χ3v) is 2.08. The van der Waals surface area contributed by atoms with Crippen LogP contribution in [0, 0.1) is 5.82 Å². The smallest absolute Gasteiger partial charge is 0.146 e. The molecule has 0 aromatic heterocycles. The molecular formula is C10H13ClFNO2. The highest BCUT2D eigenvalue weighted by Crippen LogP contribution is 2.17. The third kappa shape index (κ3) is 4.13. The second-order valence-electron chi connectivity index (χ2n) is 2.88. The van der Waals surface area contributed by atoms with Crippen LogP contribution < -0.4 is 5.48 Å². The molecule has 0 spiro atoms. The highest BCUT2D eigenvalue weighted by Gasteiger charge is 2.04. The van der Waals surface area contributed by atoms with Crippen molar-refractivity contribution in [1.82, 2.24) is 5.48 Å². The zero-order valence-corrected chi connectivity index (χ0v) is 9.18. The van der Waals surface area contributed by atoms with Crippen molar-refractivity contribution in [2.24, 2.45) is 0 Å². The number of rotatable bonds is 6. The van der Waals surface area contributed by atoms with E-state index in [1.54, 1.807) is 19.2 Å². The molecular weight excluding hydrogens is 221 g/mol. The van der Waals surface area contributed by atoms with Crippen LogP contribution in [0.1, 0.15) is 5.56 Å². The summed E-state index contributed by atoms with van der Waals surface area (Å²) in [6.45, 7) is 1.18. The molecule has 3 nitrogen and oxygen atoms in total. The summed E-state index contributed by atoms with van der Waals surface area (Å²) in [6.07, 6.45) is 0. The fourth-order valence-electron chi connectivity index (χ4n) is 1.01. The Kier molecular flexibility index (Phi) is 5.57. The van der Waals surface area contributed by atoms with Gasteiger partial charge in [0.1, 0.15) is 5.82 Å². The average molecular weight is 234 g/mol. The van der Waals surface area contributed by atoms with Crippen molar-refractivity contribution in [3.63, 3.8) is 0 Å². The zero-order chi connectivity index (χ0) is 11.1. The number of hydrogen-bond donors (Lipinski definition) is 1. The van der Waals surface area contributed by atoms with Crippen LogP contribution in [0.15, 0.2) is 18.2 Å². The predicted molar refractivity (Wildman–Crippen MR) is 56.1 cm³/mol. The van der Waals surface area contributed by atoms with Gasteiger partial charge in [0.25, 0.3) is 0 Å². The normalized spacial score (nSPS) is 10.6. The van der Waals surface area contributed by atoms with Gasteiger partial charge in [-0.2, -0.15) is 5.48 Å². The minimum absolute atomic E-state index is 0.117. The van der Waals surface area contributed by atoms with E-state index >= 15 is 0 Å². The summed E-state index contributed by atoms with van der Waals surface area (Å²) in [6, 6.07) is 4.84. The first kappa shape index (κ1) is 12.4. The van der Waals surface area contributed by atoms with Gasteiger partial charge in [0.05, 0.1) is 18.2 Å². The molecule has 0 aliphatic rings. The van der Waals surface area contributed by atoms with E-state index in [1.165, 1.54) is 6.07 Å². The molecule has 0 aliphatic carbocycles. The maximum atomic E-state index is 13.3. The van der Waals surface area contributed by atoms with Crippen LogP contribution in [-0.4, -0.2) is 20.3 Å². The fourth-order valence-corrected chi connectivity index (χ4v) is 1.21. The second-order valence-corrected chi connectivity index (χ2v) is 3.28. The molecule has 0 unspecified atom stereocenters. The van der Waals surface area contributed by atoms with Crippen LogP contribution in [0.5, 0.6) is 0 Å². The van der Waals surface area contributed by atoms with E-state index in [4.69, 9.17) is 21.2 Å². The van der Waals surface area contributed by atoms with Gasteiger partial charge >= 0.3 is 0 Å². The van der Waals surface area contributed by atoms with Crippen molar-refractivity contribution in [1.29, 1.82) is 0 Å². The van der Waals surface area contributed by atoms with Crippen molar-refractivity contribution in [3.05, 3.63) is 34.6 Å². The first-order valence-electron chi connectivity index (χ1n) is 4.52. The molecule has 0 aliphatic heterocycles. The number of hydrogen-bond acceptors (Lipinski definition) is 3. The van der Waals surface area contributed by atoms with Crippen molar-refractivity contribution >= 4 is 11.6 Å². The summed E-state index contributed by atoms with van der Waals surface area (Å²) in [5.41, 5.74) is 3.10. The maximum Gasteiger partial charge on any atom is 0.146 e. The average Bonchev–Trinajstić information content (AvgIpc) is 2.24. The van der Waals surface area contributed by atoms with Gasteiger partial charge in [0.2, 0.25) is 0 Å². The van der Waals surface area contributed by atoms with E-state index in [0.717, 1.165) is 0 Å². The van der Waals surface area contributed by atoms with Crippen LogP contribution in [0.3, 0.4) is 0 Å². The summed E-state index contributed by atoms with van der Waals surface area (Å²) in [7, 11) is 1.58. The number of nitrogens with one attached hydrogen (secondary N) is 1. The van der Waals surface area contributed by atoms with Crippen molar-refractivity contribution in [2.45, 2.75) is 6.54 Å². The van der Waals surface area contributed by atoms with E-state index in [9.17, 15) is 4.39 Å². The lowest BCUT2D eigenvalue weighted by molar-refractivity contribution is 0.00308. The van der Waals surface area contributed by atoms with Gasteiger partial charge in [-0.05, 0) is 6.07 Å². The molecule has 0 atom stereocenters. The summed E-state index contributed by atoms with van der Waals surface area (Å²) in [5.74, 6) is -0.415. The molecule has 15 heavy (non-hydrogen) atoms. The number of halogens is 2. The highest BCUT2D eigenvalue weighted by molar-refractivity contribution is 6.30. The Balaban J connectivity index is 2.34. The van der Waals surface area contributed by atoms with Gasteiger partial charge in [-0.15, -0.1) is 0 Å². The molecule has 0 bridgehead atoms. The van der Waals surface area contributed by atoms with E-state index < -0.39 is 5.82 Å². The lowest BCUT2D eigenvalue weighted by atomic mass is 10.2. The summed E-state index contributed by atoms with van der Waals surface area (Å²) >= 11 is 5.61. The highest BCUT2D eigenvalue weighted by atomic mass is 35.5. The SMILES string of the molecule is COCCONCc1cccc(Cl)c1F. The summed E-state index contributed by atoms with van der Waals surface area (Å²) < 4.78 is 18.1. The number of benzene rings is 1. The first-order chi connectivity index (χ1) is 7.25. The third-order valence-electron chi connectivity index (χ3n) is 1.79. The van der Waals surface area contributed by atoms with Crippen molar-refractivity contribution in [2.75, 3.05) is 20.3 Å². The van der Waals surface area contributed by atoms with Gasteiger partial charge in [0.15, 0.2) is 0 Å². The molecule has 0 heterocycles. The van der Waals surface area contributed by atoms with Crippen molar-refractivity contribution in [3.8, 4) is 0 Å². The Morgan fingerprint density at radius 1 is 1.40 bits per heavy atom. The maximum absolute atomic E-state index is 13.3. The van der Waals surface area contributed by atoms with Gasteiger partial charge in [-0.1, -0.05) is 23.7 Å². The van der Waals surface area contributed by atoms with Gasteiger partial charge in [-0.3, -0.25) is 4.84 Å². The molecule has 1 N–H and O–H groups in total. The molecule has 1 aromatic rings. The largest absolute Gasteiger partial charge is 0.382 e. The van der Waals surface area contributed by atoms with Gasteiger partial charge in [0, 0.05) is 19.2 Å². The van der Waals surface area contributed by atoms with Crippen molar-refractivity contribution < 1.29 is 14.0 Å². The topological polar surface area (TPSA) is 30.5 Å². The molecule has 0 radical (unpaired) electrons. The molecule has 1 aromatic carbocycles. The number of ether oxygens (including phenoxy) is 1. The Morgan fingerprint density at radius 2 is 2.20 bits per heavy atom. The van der Waals surface area contributed by atoms with E-state index in [1.807, 2.05) is 0 Å². The molecule has 0 amide bonds. The van der Waals surface area contributed by atoms with Crippen LogP contribution in [0.25, 0.3) is 0 Å². The minimum atomic E-state index is -0.415. The fraction of sp³-hybridized carbons (Fsp3) is 0.400. The van der Waals surface area contributed by atoms with Gasteiger partial charge < -0.3 is 4.74 Å². The van der Waals surface area contributed by atoms with E-state index in [0.29, 0.717) is 18.8 Å². The molecule has 84 valence electrons. The lowest BCUT2D eigenvalue weighted by Crippen LogP contribution is -2.17. The first-order valence-corrected chi connectivity index (χ1v) is 4.90. The van der Waals surface area contributed by atoms with Crippen LogP contribution in [-0.2, 0) is 16.1 Å². The zero-order valence-electron chi connectivity index (χ0n) is 8.43. The number of hydroxylamine groups is 1. The predicted octanol–water partition coefficient (Wildman–Crippen LogP) is 2.15. The van der Waals surface area contributed by atoms with Crippen LogP contribution in [0.4, 0.5) is 4.39 Å².